The van der Waals surface area contributed by atoms with Crippen LogP contribution < -0.4 is 10.6 Å². The Morgan fingerprint density at radius 1 is 1.26 bits per heavy atom. The van der Waals surface area contributed by atoms with E-state index in [9.17, 15) is 9.18 Å². The lowest BCUT2D eigenvalue weighted by Gasteiger charge is -2.27. The number of piperazine rings is 1. The highest BCUT2D eigenvalue weighted by atomic mass is 32.1. The molecule has 122 valence electrons. The molecule has 1 unspecified atom stereocenters. The molecule has 1 fully saturated rings. The quantitative estimate of drug-likeness (QED) is 0.880. The second kappa shape index (κ2) is 7.68. The highest BCUT2D eigenvalue weighted by Crippen LogP contribution is 2.26. The zero-order valence-electron chi connectivity index (χ0n) is 12.8. The normalized spacial score (nSPS) is 16.9. The second-order valence-electron chi connectivity index (χ2n) is 5.59. The van der Waals surface area contributed by atoms with Crippen molar-refractivity contribution in [1.29, 1.82) is 0 Å². The van der Waals surface area contributed by atoms with Crippen molar-refractivity contribution in [2.75, 3.05) is 32.7 Å². The first kappa shape index (κ1) is 16.1. The fourth-order valence-corrected chi connectivity index (χ4v) is 3.51. The number of benzene rings is 1. The van der Waals surface area contributed by atoms with Crippen molar-refractivity contribution < 1.29 is 9.18 Å². The van der Waals surface area contributed by atoms with Gasteiger partial charge in [0.2, 0.25) is 5.91 Å². The number of carbonyl (C=O) groups is 1. The average Bonchev–Trinajstić information content (AvgIpc) is 3.09. The molecule has 0 bridgehead atoms. The van der Waals surface area contributed by atoms with Crippen molar-refractivity contribution >= 4 is 17.2 Å². The van der Waals surface area contributed by atoms with Gasteiger partial charge in [0.25, 0.3) is 0 Å². The Labute approximate surface area is 139 Å². The number of hydrogen-bond donors (Lipinski definition) is 2. The monoisotopic (exact) mass is 333 g/mol. The maximum atomic E-state index is 13.2. The lowest BCUT2D eigenvalue weighted by Crippen LogP contribution is -2.48. The van der Waals surface area contributed by atoms with Crippen LogP contribution in [0.25, 0.3) is 0 Å². The van der Waals surface area contributed by atoms with E-state index in [4.69, 9.17) is 0 Å². The molecule has 0 spiro atoms. The van der Waals surface area contributed by atoms with Gasteiger partial charge in [0, 0.05) is 31.1 Å². The molecule has 2 aromatic rings. The first-order valence-electron chi connectivity index (χ1n) is 7.74. The van der Waals surface area contributed by atoms with Crippen LogP contribution in [0.1, 0.15) is 16.5 Å². The molecule has 3 rings (SSSR count). The molecular formula is C17H20FN3OS. The summed E-state index contributed by atoms with van der Waals surface area (Å²) in [5.74, 6) is -0.277. The first-order valence-corrected chi connectivity index (χ1v) is 8.61. The van der Waals surface area contributed by atoms with Gasteiger partial charge >= 0.3 is 0 Å². The summed E-state index contributed by atoms with van der Waals surface area (Å²) in [5.41, 5.74) is 0.891. The molecule has 1 aromatic carbocycles. The molecule has 23 heavy (non-hydrogen) atoms. The number of thiophene rings is 1. The van der Waals surface area contributed by atoms with Gasteiger partial charge in [0.1, 0.15) is 5.82 Å². The van der Waals surface area contributed by atoms with Crippen LogP contribution in [0.3, 0.4) is 0 Å². The molecule has 1 saturated heterocycles. The summed E-state index contributed by atoms with van der Waals surface area (Å²) in [5, 5.41) is 8.34. The van der Waals surface area contributed by atoms with E-state index in [2.05, 4.69) is 15.5 Å². The SMILES string of the molecule is O=C(CN1CCNCC1)NC(c1ccc(F)cc1)c1cccs1. The smallest absolute Gasteiger partial charge is 0.234 e. The molecule has 6 heteroatoms. The van der Waals surface area contributed by atoms with E-state index < -0.39 is 0 Å². The van der Waals surface area contributed by atoms with Gasteiger partial charge in [-0.15, -0.1) is 11.3 Å². The third-order valence-corrected chi connectivity index (χ3v) is 4.85. The van der Waals surface area contributed by atoms with Gasteiger partial charge in [-0.2, -0.15) is 0 Å². The Kier molecular flexibility index (Phi) is 5.38. The number of hydrogen-bond acceptors (Lipinski definition) is 4. The van der Waals surface area contributed by atoms with Gasteiger partial charge in [0.15, 0.2) is 0 Å². The van der Waals surface area contributed by atoms with Crippen LogP contribution in [0, 0.1) is 5.82 Å². The van der Waals surface area contributed by atoms with Gasteiger partial charge in [-0.1, -0.05) is 18.2 Å². The minimum atomic E-state index is -0.272. The van der Waals surface area contributed by atoms with Crippen molar-refractivity contribution in [3.8, 4) is 0 Å². The Morgan fingerprint density at radius 3 is 2.65 bits per heavy atom. The molecule has 0 radical (unpaired) electrons. The molecule has 1 atom stereocenters. The third kappa shape index (κ3) is 4.37. The Balaban J connectivity index is 1.71. The lowest BCUT2D eigenvalue weighted by molar-refractivity contribution is -0.122. The van der Waals surface area contributed by atoms with E-state index in [0.29, 0.717) is 6.54 Å². The lowest BCUT2D eigenvalue weighted by atomic mass is 10.1. The van der Waals surface area contributed by atoms with E-state index in [-0.39, 0.29) is 17.8 Å². The van der Waals surface area contributed by atoms with Crippen molar-refractivity contribution in [1.82, 2.24) is 15.5 Å². The van der Waals surface area contributed by atoms with Crippen LogP contribution in [0.5, 0.6) is 0 Å². The molecule has 1 aliphatic heterocycles. The fourth-order valence-electron chi connectivity index (χ4n) is 2.71. The molecule has 1 aromatic heterocycles. The number of nitrogens with zero attached hydrogens (tertiary/aromatic N) is 1. The van der Waals surface area contributed by atoms with Crippen molar-refractivity contribution in [2.24, 2.45) is 0 Å². The zero-order chi connectivity index (χ0) is 16.1. The Bertz CT molecular complexity index is 624. The number of rotatable bonds is 5. The summed E-state index contributed by atoms with van der Waals surface area (Å²) in [6.45, 7) is 3.99. The highest BCUT2D eigenvalue weighted by Gasteiger charge is 2.20. The van der Waals surface area contributed by atoms with E-state index in [1.54, 1.807) is 23.5 Å². The maximum Gasteiger partial charge on any atom is 0.234 e. The molecule has 2 N–H and O–H groups in total. The Hall–Kier alpha value is -1.76. The average molecular weight is 333 g/mol. The van der Waals surface area contributed by atoms with Gasteiger partial charge in [-0.05, 0) is 29.1 Å². The molecule has 2 heterocycles. The summed E-state index contributed by atoms with van der Waals surface area (Å²) in [6, 6.07) is 10.0. The second-order valence-corrected chi connectivity index (χ2v) is 6.57. The van der Waals surface area contributed by atoms with E-state index in [0.717, 1.165) is 36.6 Å². The van der Waals surface area contributed by atoms with E-state index in [1.807, 2.05) is 17.5 Å². The van der Waals surface area contributed by atoms with Crippen molar-refractivity contribution in [2.45, 2.75) is 6.04 Å². The highest BCUT2D eigenvalue weighted by molar-refractivity contribution is 7.10. The summed E-state index contributed by atoms with van der Waals surface area (Å²) >= 11 is 1.59. The summed E-state index contributed by atoms with van der Waals surface area (Å²) in [7, 11) is 0. The standard InChI is InChI=1S/C17H20FN3OS/c18-14-5-3-13(4-6-14)17(15-2-1-11-23-15)20-16(22)12-21-9-7-19-8-10-21/h1-6,11,17,19H,7-10,12H2,(H,20,22). The van der Waals surface area contributed by atoms with Gasteiger partial charge in [0.05, 0.1) is 12.6 Å². The molecule has 0 aliphatic carbocycles. The van der Waals surface area contributed by atoms with Crippen molar-refractivity contribution in [3.63, 3.8) is 0 Å². The van der Waals surface area contributed by atoms with Crippen LogP contribution >= 0.6 is 11.3 Å². The van der Waals surface area contributed by atoms with Gasteiger partial charge < -0.3 is 10.6 Å². The largest absolute Gasteiger partial charge is 0.343 e. The maximum absolute atomic E-state index is 13.2. The van der Waals surface area contributed by atoms with Crippen LogP contribution in [0.2, 0.25) is 0 Å². The summed E-state index contributed by atoms with van der Waals surface area (Å²) in [4.78, 5) is 15.6. The Morgan fingerprint density at radius 2 is 2.00 bits per heavy atom. The number of carbonyl (C=O) groups excluding carboxylic acids is 1. The molecule has 1 amide bonds. The number of nitrogens with one attached hydrogen (secondary N) is 2. The van der Waals surface area contributed by atoms with Crippen LogP contribution in [-0.4, -0.2) is 43.5 Å². The van der Waals surface area contributed by atoms with Crippen LogP contribution in [0.4, 0.5) is 4.39 Å². The predicted octanol–water partition coefficient (Wildman–Crippen LogP) is 2.00. The van der Waals surface area contributed by atoms with Gasteiger partial charge in [-0.3, -0.25) is 9.69 Å². The first-order chi connectivity index (χ1) is 11.2. The summed E-state index contributed by atoms with van der Waals surface area (Å²) in [6.07, 6.45) is 0. The molecular weight excluding hydrogens is 313 g/mol. The topological polar surface area (TPSA) is 44.4 Å². The van der Waals surface area contributed by atoms with E-state index in [1.165, 1.54) is 12.1 Å². The van der Waals surface area contributed by atoms with Gasteiger partial charge in [-0.25, -0.2) is 4.39 Å². The predicted molar refractivity (Wildman–Crippen MR) is 90.0 cm³/mol. The minimum absolute atomic E-state index is 0.00498. The fraction of sp³-hybridized carbons (Fsp3) is 0.353. The third-order valence-electron chi connectivity index (χ3n) is 3.91. The van der Waals surface area contributed by atoms with E-state index >= 15 is 0 Å². The zero-order valence-corrected chi connectivity index (χ0v) is 13.6. The van der Waals surface area contributed by atoms with Crippen LogP contribution in [-0.2, 0) is 4.79 Å². The minimum Gasteiger partial charge on any atom is -0.343 e. The number of amides is 1. The number of halogens is 1. The molecule has 0 saturated carbocycles. The molecule has 1 aliphatic rings. The van der Waals surface area contributed by atoms with Crippen molar-refractivity contribution in [3.05, 3.63) is 58.0 Å². The molecule has 4 nitrogen and oxygen atoms in total. The van der Waals surface area contributed by atoms with Crippen LogP contribution in [0.15, 0.2) is 41.8 Å². The summed E-state index contributed by atoms with van der Waals surface area (Å²) < 4.78 is 13.2.